The number of amides is 1. The summed E-state index contributed by atoms with van der Waals surface area (Å²) in [7, 11) is 0. The molecular weight excluding hydrogens is 304 g/mol. The highest BCUT2D eigenvalue weighted by Gasteiger charge is 2.13. The first-order valence-corrected chi connectivity index (χ1v) is 6.57. The van der Waals surface area contributed by atoms with Crippen LogP contribution in [0.4, 0.5) is 0 Å². The molecule has 0 saturated carbocycles. The van der Waals surface area contributed by atoms with E-state index < -0.39 is 0 Å². The summed E-state index contributed by atoms with van der Waals surface area (Å²) in [6, 6.07) is 5.11. The summed E-state index contributed by atoms with van der Waals surface area (Å²) in [5.74, 6) is 0.134. The number of nitrogens with two attached hydrogens (primary N) is 1. The van der Waals surface area contributed by atoms with Crippen molar-refractivity contribution in [1.82, 2.24) is 5.32 Å². The predicted molar refractivity (Wildman–Crippen MR) is 74.3 cm³/mol. The van der Waals surface area contributed by atoms with E-state index in [1.165, 1.54) is 0 Å². The third-order valence-electron chi connectivity index (χ3n) is 2.53. The van der Waals surface area contributed by atoms with Crippen molar-refractivity contribution < 1.29 is 4.79 Å². The van der Waals surface area contributed by atoms with Crippen molar-refractivity contribution in [2.24, 2.45) is 11.7 Å². The first-order chi connectivity index (χ1) is 7.91. The summed E-state index contributed by atoms with van der Waals surface area (Å²) in [5, 5.41) is 3.20. The second-order valence-electron chi connectivity index (χ2n) is 4.24. The first kappa shape index (κ1) is 14.5. The molecule has 3 nitrogen and oxygen atoms in total. The number of halogens is 2. The minimum absolute atomic E-state index is 0.0480. The number of carbonyl (C=O) groups excluding carboxylic acids is 1. The van der Waals surface area contributed by atoms with Crippen LogP contribution in [0.15, 0.2) is 22.7 Å². The van der Waals surface area contributed by atoms with Gasteiger partial charge in [0.05, 0.1) is 10.6 Å². The van der Waals surface area contributed by atoms with Crippen molar-refractivity contribution >= 4 is 33.4 Å². The van der Waals surface area contributed by atoms with Gasteiger partial charge in [0.1, 0.15) is 0 Å². The molecule has 0 bridgehead atoms. The van der Waals surface area contributed by atoms with E-state index in [9.17, 15) is 4.79 Å². The Morgan fingerprint density at radius 2 is 2.18 bits per heavy atom. The molecule has 0 spiro atoms. The Bertz CT molecular complexity index is 409. The van der Waals surface area contributed by atoms with Crippen LogP contribution < -0.4 is 11.1 Å². The van der Waals surface area contributed by atoms with E-state index in [2.05, 4.69) is 21.2 Å². The number of hydrogen-bond acceptors (Lipinski definition) is 2. The fourth-order valence-corrected chi connectivity index (χ4v) is 1.97. The molecule has 1 amide bonds. The van der Waals surface area contributed by atoms with Gasteiger partial charge in [0.25, 0.3) is 5.91 Å². The van der Waals surface area contributed by atoms with Crippen LogP contribution in [-0.2, 0) is 0 Å². The number of benzene rings is 1. The molecule has 1 aromatic carbocycles. The SMILES string of the molecule is CC(C)C(N)CNC(=O)c1ccc(Br)cc1Cl. The lowest BCUT2D eigenvalue weighted by Gasteiger charge is -2.16. The van der Waals surface area contributed by atoms with Gasteiger partial charge in [-0.15, -0.1) is 0 Å². The maximum atomic E-state index is 11.8. The predicted octanol–water partition coefficient (Wildman–Crippen LogP) is 2.82. The number of hydrogen-bond donors (Lipinski definition) is 2. The normalized spacial score (nSPS) is 12.6. The van der Waals surface area contributed by atoms with E-state index in [-0.39, 0.29) is 11.9 Å². The zero-order valence-electron chi connectivity index (χ0n) is 9.84. The van der Waals surface area contributed by atoms with Crippen molar-refractivity contribution in [1.29, 1.82) is 0 Å². The first-order valence-electron chi connectivity index (χ1n) is 5.40. The highest BCUT2D eigenvalue weighted by molar-refractivity contribution is 9.10. The van der Waals surface area contributed by atoms with E-state index in [0.29, 0.717) is 23.0 Å². The summed E-state index contributed by atoms with van der Waals surface area (Å²) in [5.41, 5.74) is 6.31. The standard InChI is InChI=1S/C12H16BrClN2O/c1-7(2)11(15)6-16-12(17)9-4-3-8(13)5-10(9)14/h3-5,7,11H,6,15H2,1-2H3,(H,16,17). The average Bonchev–Trinajstić information content (AvgIpc) is 2.25. The molecule has 1 rings (SSSR count). The molecule has 1 aromatic rings. The lowest BCUT2D eigenvalue weighted by atomic mass is 10.1. The average molecular weight is 320 g/mol. The maximum Gasteiger partial charge on any atom is 0.252 e. The van der Waals surface area contributed by atoms with E-state index in [1.807, 2.05) is 13.8 Å². The molecule has 0 radical (unpaired) electrons. The minimum Gasteiger partial charge on any atom is -0.350 e. The van der Waals surface area contributed by atoms with Gasteiger partial charge in [-0.3, -0.25) is 4.79 Å². The van der Waals surface area contributed by atoms with Crippen molar-refractivity contribution in [3.05, 3.63) is 33.3 Å². The lowest BCUT2D eigenvalue weighted by molar-refractivity contribution is 0.0949. The van der Waals surface area contributed by atoms with Gasteiger partial charge in [0, 0.05) is 17.1 Å². The Labute approximate surface area is 115 Å². The van der Waals surface area contributed by atoms with E-state index in [4.69, 9.17) is 17.3 Å². The molecule has 0 aliphatic rings. The van der Waals surface area contributed by atoms with Crippen molar-refractivity contribution in [2.45, 2.75) is 19.9 Å². The second-order valence-corrected chi connectivity index (χ2v) is 5.56. The third-order valence-corrected chi connectivity index (χ3v) is 3.34. The minimum atomic E-state index is -0.196. The Balaban J connectivity index is 2.64. The molecule has 3 N–H and O–H groups in total. The van der Waals surface area contributed by atoms with Crippen LogP contribution in [0.5, 0.6) is 0 Å². The van der Waals surface area contributed by atoms with Crippen molar-refractivity contribution in [2.75, 3.05) is 6.54 Å². The summed E-state index contributed by atoms with van der Waals surface area (Å²) >= 11 is 9.27. The van der Waals surface area contributed by atoms with Crippen LogP contribution in [0, 0.1) is 5.92 Å². The van der Waals surface area contributed by atoms with Gasteiger partial charge in [-0.25, -0.2) is 0 Å². The molecule has 17 heavy (non-hydrogen) atoms. The van der Waals surface area contributed by atoms with Crippen LogP contribution in [0.2, 0.25) is 5.02 Å². The fraction of sp³-hybridized carbons (Fsp3) is 0.417. The van der Waals surface area contributed by atoms with Gasteiger partial charge in [-0.2, -0.15) is 0 Å². The van der Waals surface area contributed by atoms with Crippen molar-refractivity contribution in [3.63, 3.8) is 0 Å². The highest BCUT2D eigenvalue weighted by Crippen LogP contribution is 2.21. The van der Waals surface area contributed by atoms with Crippen LogP contribution in [0.1, 0.15) is 24.2 Å². The van der Waals surface area contributed by atoms with Gasteiger partial charge in [0.15, 0.2) is 0 Å². The quantitative estimate of drug-likeness (QED) is 0.896. The van der Waals surface area contributed by atoms with Gasteiger partial charge < -0.3 is 11.1 Å². The lowest BCUT2D eigenvalue weighted by Crippen LogP contribution is -2.40. The van der Waals surface area contributed by atoms with Crippen LogP contribution in [0.3, 0.4) is 0 Å². The molecule has 0 heterocycles. The molecule has 1 atom stereocenters. The largest absolute Gasteiger partial charge is 0.350 e. The Morgan fingerprint density at radius 1 is 1.53 bits per heavy atom. The van der Waals surface area contributed by atoms with E-state index in [1.54, 1.807) is 18.2 Å². The smallest absolute Gasteiger partial charge is 0.252 e. The molecule has 0 aliphatic heterocycles. The fourth-order valence-electron chi connectivity index (χ4n) is 1.22. The van der Waals surface area contributed by atoms with Gasteiger partial charge in [-0.1, -0.05) is 41.4 Å². The highest BCUT2D eigenvalue weighted by atomic mass is 79.9. The molecule has 5 heteroatoms. The van der Waals surface area contributed by atoms with E-state index in [0.717, 1.165) is 4.47 Å². The molecule has 1 unspecified atom stereocenters. The summed E-state index contributed by atoms with van der Waals surface area (Å²) in [4.78, 5) is 11.8. The summed E-state index contributed by atoms with van der Waals surface area (Å²) in [6.07, 6.45) is 0. The topological polar surface area (TPSA) is 55.1 Å². The summed E-state index contributed by atoms with van der Waals surface area (Å²) in [6.45, 7) is 4.48. The maximum absolute atomic E-state index is 11.8. The zero-order chi connectivity index (χ0) is 13.0. The Morgan fingerprint density at radius 3 is 2.71 bits per heavy atom. The molecular formula is C12H16BrClN2O. The van der Waals surface area contributed by atoms with Crippen LogP contribution in [0.25, 0.3) is 0 Å². The molecule has 94 valence electrons. The Hall–Kier alpha value is -0.580. The van der Waals surface area contributed by atoms with Gasteiger partial charge in [0.2, 0.25) is 0 Å². The summed E-state index contributed by atoms with van der Waals surface area (Å²) < 4.78 is 0.845. The monoisotopic (exact) mass is 318 g/mol. The molecule has 0 saturated heterocycles. The number of rotatable bonds is 4. The van der Waals surface area contributed by atoms with E-state index >= 15 is 0 Å². The molecule has 0 aliphatic carbocycles. The Kier molecular flexibility index (Phi) is 5.43. The van der Waals surface area contributed by atoms with Crippen molar-refractivity contribution in [3.8, 4) is 0 Å². The number of carbonyl (C=O) groups is 1. The second kappa shape index (κ2) is 6.38. The third kappa shape index (κ3) is 4.30. The van der Waals surface area contributed by atoms with Crippen LogP contribution in [-0.4, -0.2) is 18.5 Å². The van der Waals surface area contributed by atoms with Gasteiger partial charge >= 0.3 is 0 Å². The van der Waals surface area contributed by atoms with Gasteiger partial charge in [-0.05, 0) is 24.1 Å². The zero-order valence-corrected chi connectivity index (χ0v) is 12.2. The molecule has 0 fully saturated rings. The number of nitrogens with one attached hydrogen (secondary N) is 1. The van der Waals surface area contributed by atoms with Crippen LogP contribution >= 0.6 is 27.5 Å². The molecule has 0 aromatic heterocycles.